The fraction of sp³-hybridized carbons (Fsp3) is 0.308. The molecule has 0 aliphatic rings. The van der Waals surface area contributed by atoms with Gasteiger partial charge in [-0.3, -0.25) is 0 Å². The van der Waals surface area contributed by atoms with Gasteiger partial charge in [0.2, 0.25) is 5.89 Å². The number of nitrogens with zero attached hydrogens (tertiary/aromatic N) is 1. The van der Waals surface area contributed by atoms with Gasteiger partial charge in [-0.2, -0.15) is 0 Å². The van der Waals surface area contributed by atoms with E-state index >= 15 is 0 Å². The van der Waals surface area contributed by atoms with Crippen LogP contribution in [0.3, 0.4) is 0 Å². The third-order valence-corrected chi connectivity index (χ3v) is 2.68. The molecule has 18 heavy (non-hydrogen) atoms. The Labute approximate surface area is 106 Å². The molecular weight excluding hydrogens is 232 g/mol. The second-order valence-corrected chi connectivity index (χ2v) is 3.78. The summed E-state index contributed by atoms with van der Waals surface area (Å²) in [5.74, 6) is 2.66. The van der Waals surface area contributed by atoms with Crippen LogP contribution in [0.2, 0.25) is 0 Å². The van der Waals surface area contributed by atoms with Crippen LogP contribution in [0, 0.1) is 6.92 Å². The second kappa shape index (κ2) is 5.10. The third-order valence-electron chi connectivity index (χ3n) is 2.68. The normalized spacial score (nSPS) is 10.4. The van der Waals surface area contributed by atoms with E-state index in [0.717, 1.165) is 22.8 Å². The summed E-state index contributed by atoms with van der Waals surface area (Å²) in [5.41, 5.74) is 7.12. The molecule has 2 aromatic rings. The Kier molecular flexibility index (Phi) is 3.53. The molecule has 0 amide bonds. The molecule has 0 atom stereocenters. The zero-order valence-corrected chi connectivity index (χ0v) is 10.7. The van der Waals surface area contributed by atoms with Crippen LogP contribution in [-0.2, 0) is 6.54 Å². The molecule has 0 aliphatic carbocycles. The van der Waals surface area contributed by atoms with E-state index in [9.17, 15) is 0 Å². The highest BCUT2D eigenvalue weighted by molar-refractivity contribution is 5.70. The van der Waals surface area contributed by atoms with Gasteiger partial charge in [-0.15, -0.1) is 0 Å². The maximum Gasteiger partial charge on any atom is 0.208 e. The average molecular weight is 248 g/mol. The Hall–Kier alpha value is -2.01. The monoisotopic (exact) mass is 248 g/mol. The first-order valence-corrected chi connectivity index (χ1v) is 5.58. The number of hydrogen-bond acceptors (Lipinski definition) is 5. The van der Waals surface area contributed by atoms with Crippen molar-refractivity contribution in [1.29, 1.82) is 0 Å². The number of rotatable bonds is 4. The molecule has 0 bridgehead atoms. The van der Waals surface area contributed by atoms with Crippen LogP contribution in [0.1, 0.15) is 11.7 Å². The van der Waals surface area contributed by atoms with E-state index in [4.69, 9.17) is 19.6 Å². The number of aryl methyl sites for hydroxylation is 1. The molecule has 0 aliphatic heterocycles. The molecule has 0 radical (unpaired) electrons. The minimum Gasteiger partial charge on any atom is -0.497 e. The number of methoxy groups -OCH3 is 2. The fourth-order valence-corrected chi connectivity index (χ4v) is 1.78. The van der Waals surface area contributed by atoms with Crippen molar-refractivity contribution in [3.63, 3.8) is 0 Å². The summed E-state index contributed by atoms with van der Waals surface area (Å²) in [6.07, 6.45) is 0. The molecule has 0 fully saturated rings. The van der Waals surface area contributed by atoms with Crippen molar-refractivity contribution in [2.24, 2.45) is 5.73 Å². The number of aromatic nitrogens is 1. The predicted octanol–water partition coefficient (Wildman–Crippen LogP) is 2.13. The molecule has 0 spiro atoms. The first-order valence-electron chi connectivity index (χ1n) is 5.58. The largest absolute Gasteiger partial charge is 0.497 e. The van der Waals surface area contributed by atoms with Gasteiger partial charge in [0.25, 0.3) is 0 Å². The molecule has 2 rings (SSSR count). The fourth-order valence-electron chi connectivity index (χ4n) is 1.78. The van der Waals surface area contributed by atoms with Gasteiger partial charge in [-0.1, -0.05) is 0 Å². The van der Waals surface area contributed by atoms with Crippen molar-refractivity contribution in [2.45, 2.75) is 13.5 Å². The Morgan fingerprint density at radius 1 is 1.28 bits per heavy atom. The third kappa shape index (κ3) is 2.17. The van der Waals surface area contributed by atoms with Gasteiger partial charge in [-0.05, 0) is 19.1 Å². The van der Waals surface area contributed by atoms with Gasteiger partial charge < -0.3 is 19.6 Å². The summed E-state index contributed by atoms with van der Waals surface area (Å²) < 4.78 is 16.0. The predicted molar refractivity (Wildman–Crippen MR) is 67.7 cm³/mol. The standard InChI is InChI=1S/C13H16N2O3/c1-8-13(15-12(7-14)18-8)10-5-4-9(16-2)6-11(10)17-3/h4-6H,7,14H2,1-3H3. The number of nitrogens with two attached hydrogens (primary N) is 1. The van der Waals surface area contributed by atoms with Gasteiger partial charge in [0.15, 0.2) is 0 Å². The quantitative estimate of drug-likeness (QED) is 0.897. The molecule has 0 saturated heterocycles. The lowest BCUT2D eigenvalue weighted by Gasteiger charge is -2.08. The topological polar surface area (TPSA) is 70.5 Å². The summed E-state index contributed by atoms with van der Waals surface area (Å²) >= 11 is 0. The molecule has 0 unspecified atom stereocenters. The van der Waals surface area contributed by atoms with E-state index in [1.807, 2.05) is 25.1 Å². The minimum absolute atomic E-state index is 0.277. The lowest BCUT2D eigenvalue weighted by atomic mass is 10.1. The van der Waals surface area contributed by atoms with E-state index < -0.39 is 0 Å². The molecule has 2 N–H and O–H groups in total. The highest BCUT2D eigenvalue weighted by Crippen LogP contribution is 2.34. The highest BCUT2D eigenvalue weighted by Gasteiger charge is 2.15. The van der Waals surface area contributed by atoms with E-state index in [2.05, 4.69) is 4.98 Å². The van der Waals surface area contributed by atoms with Crippen molar-refractivity contribution in [1.82, 2.24) is 4.98 Å². The Balaban J connectivity index is 2.52. The summed E-state index contributed by atoms with van der Waals surface area (Å²) in [4.78, 5) is 4.35. The van der Waals surface area contributed by atoms with Crippen LogP contribution in [0.15, 0.2) is 22.6 Å². The van der Waals surface area contributed by atoms with E-state index in [1.54, 1.807) is 14.2 Å². The van der Waals surface area contributed by atoms with E-state index in [0.29, 0.717) is 11.6 Å². The summed E-state index contributed by atoms with van der Waals surface area (Å²) in [7, 11) is 3.22. The van der Waals surface area contributed by atoms with Crippen molar-refractivity contribution in [2.75, 3.05) is 14.2 Å². The van der Waals surface area contributed by atoms with Gasteiger partial charge in [0.05, 0.1) is 20.8 Å². The van der Waals surface area contributed by atoms with Crippen molar-refractivity contribution in [3.8, 4) is 22.8 Å². The Morgan fingerprint density at radius 2 is 2.06 bits per heavy atom. The summed E-state index contributed by atoms with van der Waals surface area (Å²) in [5, 5.41) is 0. The first-order chi connectivity index (χ1) is 8.69. The molecule has 1 aromatic heterocycles. The molecule has 1 aromatic carbocycles. The molecule has 1 heterocycles. The molecule has 5 nitrogen and oxygen atoms in total. The molecule has 5 heteroatoms. The van der Waals surface area contributed by atoms with Gasteiger partial charge in [0.1, 0.15) is 23.0 Å². The maximum atomic E-state index is 5.52. The van der Waals surface area contributed by atoms with Crippen LogP contribution < -0.4 is 15.2 Å². The van der Waals surface area contributed by atoms with Gasteiger partial charge >= 0.3 is 0 Å². The number of hydrogen-bond donors (Lipinski definition) is 1. The highest BCUT2D eigenvalue weighted by atomic mass is 16.5. The second-order valence-electron chi connectivity index (χ2n) is 3.78. The van der Waals surface area contributed by atoms with Crippen LogP contribution in [0.4, 0.5) is 0 Å². The van der Waals surface area contributed by atoms with Crippen molar-refractivity contribution < 1.29 is 13.9 Å². The summed E-state index contributed by atoms with van der Waals surface area (Å²) in [6, 6.07) is 5.56. The molecule has 0 saturated carbocycles. The number of ether oxygens (including phenoxy) is 2. The first kappa shape index (κ1) is 12.4. The average Bonchev–Trinajstić information content (AvgIpc) is 2.79. The molecule has 96 valence electrons. The molecular formula is C13H16N2O3. The van der Waals surface area contributed by atoms with Crippen LogP contribution in [0.5, 0.6) is 11.5 Å². The smallest absolute Gasteiger partial charge is 0.208 e. The Bertz CT molecular complexity index is 549. The van der Waals surface area contributed by atoms with Gasteiger partial charge in [-0.25, -0.2) is 4.98 Å². The van der Waals surface area contributed by atoms with Crippen LogP contribution in [0.25, 0.3) is 11.3 Å². The SMILES string of the molecule is COc1ccc(-c2nc(CN)oc2C)c(OC)c1. The van der Waals surface area contributed by atoms with Crippen molar-refractivity contribution in [3.05, 3.63) is 29.9 Å². The Morgan fingerprint density at radius 3 is 2.61 bits per heavy atom. The van der Waals surface area contributed by atoms with Crippen molar-refractivity contribution >= 4 is 0 Å². The van der Waals surface area contributed by atoms with Gasteiger partial charge in [0, 0.05) is 11.6 Å². The number of oxazole rings is 1. The van der Waals surface area contributed by atoms with Crippen LogP contribution >= 0.6 is 0 Å². The maximum absolute atomic E-state index is 5.52. The lowest BCUT2D eigenvalue weighted by Crippen LogP contribution is -1.96. The van der Waals surface area contributed by atoms with E-state index in [-0.39, 0.29) is 6.54 Å². The zero-order chi connectivity index (χ0) is 13.1. The van der Waals surface area contributed by atoms with Crippen LogP contribution in [-0.4, -0.2) is 19.2 Å². The summed E-state index contributed by atoms with van der Waals surface area (Å²) in [6.45, 7) is 2.13. The van der Waals surface area contributed by atoms with E-state index in [1.165, 1.54) is 0 Å². The lowest BCUT2D eigenvalue weighted by molar-refractivity contribution is 0.395. The zero-order valence-electron chi connectivity index (χ0n) is 10.7. The number of benzene rings is 1. The minimum atomic E-state index is 0.277.